The lowest BCUT2D eigenvalue weighted by Crippen LogP contribution is -2.30. The number of hydrogen-bond acceptors (Lipinski definition) is 3. The smallest absolute Gasteiger partial charge is 0.244 e. The van der Waals surface area contributed by atoms with Crippen LogP contribution in [0.2, 0.25) is 0 Å². The monoisotopic (exact) mass is 276 g/mol. The first-order valence-corrected chi connectivity index (χ1v) is 6.85. The number of thioether (sulfide) groups is 1. The highest BCUT2D eigenvalue weighted by atomic mass is 32.2. The van der Waals surface area contributed by atoms with Crippen LogP contribution in [0, 0.1) is 0 Å². The molecule has 5 heteroatoms. The van der Waals surface area contributed by atoms with Gasteiger partial charge in [0.05, 0.1) is 12.6 Å². The summed E-state index contributed by atoms with van der Waals surface area (Å²) >= 11 is 1.56. The number of amidine groups is 1. The molecule has 1 fully saturated rings. The third kappa shape index (κ3) is 3.34. The van der Waals surface area contributed by atoms with Crippen molar-refractivity contribution < 1.29 is 9.90 Å². The van der Waals surface area contributed by atoms with E-state index >= 15 is 0 Å². The zero-order valence-corrected chi connectivity index (χ0v) is 11.1. The van der Waals surface area contributed by atoms with Gasteiger partial charge in [0, 0.05) is 19.2 Å². The summed E-state index contributed by atoms with van der Waals surface area (Å²) < 4.78 is 0. The summed E-state index contributed by atoms with van der Waals surface area (Å²) in [7, 11) is 0. The van der Waals surface area contributed by atoms with Crippen molar-refractivity contribution >= 4 is 22.8 Å². The summed E-state index contributed by atoms with van der Waals surface area (Å²) in [5.41, 5.74) is 0.886. The first-order valence-electron chi connectivity index (χ1n) is 5.87. The minimum atomic E-state index is -0.554. The molecule has 96 valence electrons. The van der Waals surface area contributed by atoms with E-state index < -0.39 is 6.10 Å². The Balaban J connectivity index is 2.03. The first kappa shape index (κ1) is 13.1. The fraction of sp³-hybridized carbons (Fsp3) is 0.385. The van der Waals surface area contributed by atoms with Crippen LogP contribution in [0.4, 0.5) is 0 Å². The highest BCUT2D eigenvalue weighted by Gasteiger charge is 2.22. The van der Waals surface area contributed by atoms with Crippen LogP contribution in [0.15, 0.2) is 35.3 Å². The molecule has 0 aliphatic carbocycles. The van der Waals surface area contributed by atoms with Gasteiger partial charge in [-0.25, -0.2) is 0 Å². The Morgan fingerprint density at radius 2 is 2.28 bits per heavy atom. The van der Waals surface area contributed by atoms with Gasteiger partial charge in [0.2, 0.25) is 5.91 Å². The molecule has 1 heterocycles. The summed E-state index contributed by atoms with van der Waals surface area (Å²) in [5.74, 6) is 0.715. The summed E-state index contributed by atoms with van der Waals surface area (Å²) in [4.78, 5) is 16.9. The number of carbonyl (C=O) groups is 1. The molecule has 1 amide bonds. The zero-order valence-electron chi connectivity index (χ0n) is 10.2. The number of amides is 1. The van der Waals surface area contributed by atoms with Crippen LogP contribution in [0.25, 0.3) is 0 Å². The molecule has 1 aliphatic rings. The zero-order chi connectivity index (χ0) is 13.0. The molecular formula is C13H16N2O2S. The number of carbonyl (C=O) groups excluding carboxylic acids is 1. The van der Waals surface area contributed by atoms with Crippen LogP contribution in [0.5, 0.6) is 0 Å². The van der Waals surface area contributed by atoms with Gasteiger partial charge in [-0.2, -0.15) is 4.99 Å². The predicted molar refractivity (Wildman–Crippen MR) is 73.5 cm³/mol. The number of nitrogens with zero attached hydrogens (tertiary/aromatic N) is 2. The average Bonchev–Trinajstić information content (AvgIpc) is 2.77. The Labute approximate surface area is 111 Å². The molecule has 1 saturated heterocycles. The molecule has 0 saturated carbocycles. The van der Waals surface area contributed by atoms with Crippen molar-refractivity contribution in [2.75, 3.05) is 18.8 Å². The predicted octanol–water partition coefficient (Wildman–Crippen LogP) is 1.67. The normalized spacial score (nSPS) is 19.2. The molecular weight excluding hydrogens is 260 g/mol. The Morgan fingerprint density at radius 1 is 1.56 bits per heavy atom. The molecule has 0 spiro atoms. The van der Waals surface area contributed by atoms with Crippen LogP contribution in [0.3, 0.4) is 0 Å². The summed E-state index contributed by atoms with van der Waals surface area (Å²) in [6, 6.07) is 9.53. The number of benzene rings is 1. The lowest BCUT2D eigenvalue weighted by molar-refractivity contribution is -0.115. The fourth-order valence-electron chi connectivity index (χ4n) is 1.83. The average molecular weight is 276 g/mol. The van der Waals surface area contributed by atoms with E-state index in [0.29, 0.717) is 6.54 Å². The molecule has 1 aromatic carbocycles. The minimum absolute atomic E-state index is 0.196. The van der Waals surface area contributed by atoms with E-state index in [1.165, 1.54) is 6.92 Å². The maximum absolute atomic E-state index is 11.0. The second-order valence-corrected chi connectivity index (χ2v) is 5.20. The molecule has 1 unspecified atom stereocenters. The topological polar surface area (TPSA) is 52.9 Å². The molecule has 18 heavy (non-hydrogen) atoms. The maximum atomic E-state index is 11.0. The lowest BCUT2D eigenvalue weighted by atomic mass is 10.5. The number of hydrogen-bond donors (Lipinski definition) is 1. The van der Waals surface area contributed by atoms with Crippen molar-refractivity contribution in [2.24, 2.45) is 4.99 Å². The van der Waals surface area contributed by atoms with Gasteiger partial charge in [-0.3, -0.25) is 4.79 Å². The highest BCUT2D eigenvalue weighted by Crippen LogP contribution is 2.22. The van der Waals surface area contributed by atoms with Crippen LogP contribution in [-0.2, 0) is 4.79 Å². The molecule has 0 aromatic heterocycles. The standard InChI is InChI=1S/C13H16N2O2S/c1-10(16)14-13-15(7-8-18-13)9-12(17)11-5-3-2-4-6-11/h2-6,12,17H,7-9H2,1H3/i2+2,3+2,4+2,5+2,6+2,11+2. The number of β-amino-alcohol motifs (C(OH)–C–C–N with tert-alkyl or cyclic N) is 1. The van der Waals surface area contributed by atoms with Gasteiger partial charge in [0.1, 0.15) is 0 Å². The first-order chi connectivity index (χ1) is 8.66. The molecule has 0 bridgehead atoms. The molecule has 1 aromatic rings. The molecule has 1 aliphatic heterocycles. The van der Waals surface area contributed by atoms with Gasteiger partial charge in [0.25, 0.3) is 0 Å². The quantitative estimate of drug-likeness (QED) is 0.912. The Morgan fingerprint density at radius 3 is 2.94 bits per heavy atom. The van der Waals surface area contributed by atoms with Crippen molar-refractivity contribution in [3.63, 3.8) is 0 Å². The molecule has 2 rings (SSSR count). The largest absolute Gasteiger partial charge is 0.387 e. The van der Waals surface area contributed by atoms with Gasteiger partial charge in [-0.15, -0.1) is 0 Å². The van der Waals surface area contributed by atoms with E-state index in [1.807, 2.05) is 35.2 Å². The van der Waals surface area contributed by atoms with Crippen LogP contribution in [0.1, 0.15) is 18.6 Å². The van der Waals surface area contributed by atoms with Gasteiger partial charge >= 0.3 is 0 Å². The van der Waals surface area contributed by atoms with Gasteiger partial charge in [-0.05, 0) is 5.56 Å². The number of aliphatic imine (C=N–C) groups is 1. The van der Waals surface area contributed by atoms with Crippen molar-refractivity contribution in [2.45, 2.75) is 13.0 Å². The van der Waals surface area contributed by atoms with Gasteiger partial charge < -0.3 is 10.0 Å². The second-order valence-electron chi connectivity index (χ2n) is 4.13. The summed E-state index contributed by atoms with van der Waals surface area (Å²) in [6.07, 6.45) is -0.554. The highest BCUT2D eigenvalue weighted by molar-refractivity contribution is 8.14. The van der Waals surface area contributed by atoms with Crippen molar-refractivity contribution in [3.05, 3.63) is 35.9 Å². The van der Waals surface area contributed by atoms with E-state index in [2.05, 4.69) is 4.99 Å². The molecule has 4 nitrogen and oxygen atoms in total. The van der Waals surface area contributed by atoms with Crippen LogP contribution in [-0.4, -0.2) is 39.9 Å². The Hall–Kier alpha value is -1.33. The SMILES string of the molecule is CC(=O)N=C1SCCN1CC(O)[14c]1[14cH][14cH][14cH][14cH][14cH]1. The number of aliphatic hydroxyl groups excluding tert-OH is 1. The van der Waals surface area contributed by atoms with E-state index in [0.717, 1.165) is 23.0 Å². The summed E-state index contributed by atoms with van der Waals surface area (Å²) in [6.45, 7) is 2.74. The van der Waals surface area contributed by atoms with E-state index in [4.69, 9.17) is 0 Å². The Bertz CT molecular complexity index is 448. The molecule has 1 N–H and O–H groups in total. The number of rotatable bonds is 3. The lowest BCUT2D eigenvalue weighted by Gasteiger charge is -2.21. The minimum Gasteiger partial charge on any atom is -0.387 e. The molecule has 1 atom stereocenters. The molecule has 0 radical (unpaired) electrons. The van der Waals surface area contributed by atoms with E-state index in [-0.39, 0.29) is 5.91 Å². The third-order valence-electron chi connectivity index (χ3n) is 2.69. The van der Waals surface area contributed by atoms with Crippen molar-refractivity contribution in [3.8, 4) is 0 Å². The van der Waals surface area contributed by atoms with Crippen LogP contribution >= 0.6 is 11.8 Å². The fourth-order valence-corrected chi connectivity index (χ4v) is 2.87. The number of aliphatic hydroxyl groups is 1. The van der Waals surface area contributed by atoms with Gasteiger partial charge in [-0.1, -0.05) is 42.1 Å². The van der Waals surface area contributed by atoms with Crippen molar-refractivity contribution in [1.29, 1.82) is 0 Å². The maximum Gasteiger partial charge on any atom is 0.244 e. The Kier molecular flexibility index (Phi) is 4.38. The summed E-state index contributed by atoms with van der Waals surface area (Å²) in [5, 5.41) is 10.9. The second kappa shape index (κ2) is 6.02. The van der Waals surface area contributed by atoms with E-state index in [9.17, 15) is 9.90 Å². The van der Waals surface area contributed by atoms with Crippen LogP contribution < -0.4 is 0 Å². The van der Waals surface area contributed by atoms with Gasteiger partial charge in [0.15, 0.2) is 5.17 Å². The third-order valence-corrected chi connectivity index (χ3v) is 3.69. The van der Waals surface area contributed by atoms with E-state index in [1.54, 1.807) is 11.8 Å². The van der Waals surface area contributed by atoms with Crippen molar-refractivity contribution in [1.82, 2.24) is 4.90 Å².